The average Bonchev–Trinajstić information content (AvgIpc) is 2.86. The zero-order valence-corrected chi connectivity index (χ0v) is 14.7. The first-order valence-electron chi connectivity index (χ1n) is 7.70. The highest BCUT2D eigenvalue weighted by molar-refractivity contribution is 8.00. The highest BCUT2D eigenvalue weighted by Gasteiger charge is 2.31. The number of hydrogen-bond donors (Lipinski definition) is 1. The number of nitrogens with zero attached hydrogens (tertiary/aromatic N) is 1. The second-order valence-electron chi connectivity index (χ2n) is 6.00. The van der Waals surface area contributed by atoms with Crippen LogP contribution in [0.5, 0.6) is 0 Å². The van der Waals surface area contributed by atoms with Gasteiger partial charge in [0, 0.05) is 23.0 Å². The van der Waals surface area contributed by atoms with Crippen molar-refractivity contribution in [1.29, 1.82) is 0 Å². The van der Waals surface area contributed by atoms with E-state index in [0.717, 1.165) is 55.8 Å². The highest BCUT2D eigenvalue weighted by atomic mass is 35.5. The molecule has 2 saturated heterocycles. The molecule has 1 aromatic carbocycles. The molecule has 22 heavy (non-hydrogen) atoms. The molecule has 0 bridgehead atoms. The van der Waals surface area contributed by atoms with E-state index in [2.05, 4.69) is 5.32 Å². The Balaban J connectivity index is 1.54. The molecular formula is C16H20Cl2N2OS. The molecule has 0 unspecified atom stereocenters. The van der Waals surface area contributed by atoms with Crippen LogP contribution < -0.4 is 5.32 Å². The standard InChI is InChI=1S/C16H20Cl2N2OS/c17-13-1-2-14(18)15(7-13)22-10-16(21)20-5-3-11-8-19-9-12(11)4-6-20/h1-2,7,11-12,19H,3-6,8-10H2/t11-,12+. The molecule has 0 saturated carbocycles. The molecule has 0 aliphatic carbocycles. The first kappa shape index (κ1) is 16.4. The Hall–Kier alpha value is -0.420. The monoisotopic (exact) mass is 358 g/mol. The maximum Gasteiger partial charge on any atom is 0.232 e. The van der Waals surface area contributed by atoms with Crippen molar-refractivity contribution >= 4 is 40.9 Å². The fourth-order valence-corrected chi connectivity index (χ4v) is 4.68. The summed E-state index contributed by atoms with van der Waals surface area (Å²) in [4.78, 5) is 15.3. The van der Waals surface area contributed by atoms with Gasteiger partial charge in [-0.1, -0.05) is 23.2 Å². The van der Waals surface area contributed by atoms with Crippen molar-refractivity contribution in [3.8, 4) is 0 Å². The number of carbonyl (C=O) groups excluding carboxylic acids is 1. The van der Waals surface area contributed by atoms with Gasteiger partial charge in [-0.15, -0.1) is 11.8 Å². The lowest BCUT2D eigenvalue weighted by Crippen LogP contribution is -2.34. The predicted molar refractivity (Wildman–Crippen MR) is 92.8 cm³/mol. The van der Waals surface area contributed by atoms with Crippen LogP contribution in [-0.4, -0.2) is 42.7 Å². The summed E-state index contributed by atoms with van der Waals surface area (Å²) in [7, 11) is 0. The van der Waals surface area contributed by atoms with Crippen LogP contribution >= 0.6 is 35.0 Å². The highest BCUT2D eigenvalue weighted by Crippen LogP contribution is 2.31. The van der Waals surface area contributed by atoms with Gasteiger partial charge in [0.25, 0.3) is 0 Å². The fraction of sp³-hybridized carbons (Fsp3) is 0.562. The zero-order chi connectivity index (χ0) is 15.5. The third-order valence-electron chi connectivity index (χ3n) is 4.62. The summed E-state index contributed by atoms with van der Waals surface area (Å²) >= 11 is 13.6. The molecule has 0 radical (unpaired) electrons. The number of carbonyl (C=O) groups is 1. The Morgan fingerprint density at radius 2 is 1.91 bits per heavy atom. The number of fused-ring (bicyclic) bond motifs is 1. The number of hydrogen-bond acceptors (Lipinski definition) is 3. The maximum atomic E-state index is 12.5. The van der Waals surface area contributed by atoms with Crippen LogP contribution in [0.1, 0.15) is 12.8 Å². The lowest BCUT2D eigenvalue weighted by atomic mass is 9.92. The summed E-state index contributed by atoms with van der Waals surface area (Å²) in [5.41, 5.74) is 0. The number of nitrogens with one attached hydrogen (secondary N) is 1. The van der Waals surface area contributed by atoms with Gasteiger partial charge in [0.1, 0.15) is 0 Å². The molecule has 2 aliphatic rings. The summed E-state index contributed by atoms with van der Waals surface area (Å²) < 4.78 is 0. The Bertz CT molecular complexity index is 541. The van der Waals surface area contributed by atoms with Gasteiger partial charge in [0.2, 0.25) is 5.91 Å². The van der Waals surface area contributed by atoms with Gasteiger partial charge < -0.3 is 10.2 Å². The minimum Gasteiger partial charge on any atom is -0.342 e. The Morgan fingerprint density at radius 3 is 2.59 bits per heavy atom. The van der Waals surface area contributed by atoms with E-state index in [-0.39, 0.29) is 5.91 Å². The Labute approximate surface area is 145 Å². The predicted octanol–water partition coefficient (Wildman–Crippen LogP) is 3.54. The number of rotatable bonds is 3. The summed E-state index contributed by atoms with van der Waals surface area (Å²) in [6.07, 6.45) is 2.23. The summed E-state index contributed by atoms with van der Waals surface area (Å²) in [5, 5.41) is 4.76. The molecule has 120 valence electrons. The number of halogens is 2. The first-order valence-corrected chi connectivity index (χ1v) is 9.44. The molecule has 3 rings (SSSR count). The van der Waals surface area contributed by atoms with E-state index in [1.54, 1.807) is 12.1 Å². The molecule has 1 N–H and O–H groups in total. The van der Waals surface area contributed by atoms with E-state index in [1.165, 1.54) is 11.8 Å². The van der Waals surface area contributed by atoms with Crippen molar-refractivity contribution in [2.24, 2.45) is 11.8 Å². The number of benzene rings is 1. The van der Waals surface area contributed by atoms with Gasteiger partial charge in [0.05, 0.1) is 10.8 Å². The summed E-state index contributed by atoms with van der Waals surface area (Å²) in [6.45, 7) is 3.98. The molecule has 0 aromatic heterocycles. The molecule has 2 aliphatic heterocycles. The second-order valence-corrected chi connectivity index (χ2v) is 7.86. The van der Waals surface area contributed by atoms with Crippen LogP contribution in [0.3, 0.4) is 0 Å². The Morgan fingerprint density at radius 1 is 1.23 bits per heavy atom. The fourth-order valence-electron chi connectivity index (χ4n) is 3.29. The third-order valence-corrected chi connectivity index (χ3v) is 6.33. The molecule has 1 amide bonds. The third kappa shape index (κ3) is 3.91. The van der Waals surface area contributed by atoms with E-state index in [4.69, 9.17) is 23.2 Å². The van der Waals surface area contributed by atoms with Crippen LogP contribution in [-0.2, 0) is 4.79 Å². The van der Waals surface area contributed by atoms with E-state index in [1.807, 2.05) is 11.0 Å². The van der Waals surface area contributed by atoms with Gasteiger partial charge in [-0.25, -0.2) is 0 Å². The van der Waals surface area contributed by atoms with Crippen molar-refractivity contribution in [2.75, 3.05) is 31.9 Å². The van der Waals surface area contributed by atoms with Crippen LogP contribution in [0.2, 0.25) is 10.0 Å². The smallest absolute Gasteiger partial charge is 0.232 e. The molecule has 1 aromatic rings. The van der Waals surface area contributed by atoms with Gasteiger partial charge in [-0.05, 0) is 56.0 Å². The molecule has 2 atom stereocenters. The quantitative estimate of drug-likeness (QED) is 0.838. The summed E-state index contributed by atoms with van der Waals surface area (Å²) in [6, 6.07) is 5.36. The van der Waals surface area contributed by atoms with Crippen molar-refractivity contribution in [2.45, 2.75) is 17.7 Å². The van der Waals surface area contributed by atoms with Gasteiger partial charge >= 0.3 is 0 Å². The van der Waals surface area contributed by atoms with Gasteiger partial charge in [-0.2, -0.15) is 0 Å². The normalized spacial score (nSPS) is 24.9. The van der Waals surface area contributed by atoms with Crippen molar-refractivity contribution in [3.05, 3.63) is 28.2 Å². The van der Waals surface area contributed by atoms with E-state index in [0.29, 0.717) is 15.8 Å². The van der Waals surface area contributed by atoms with Gasteiger partial charge in [-0.3, -0.25) is 4.79 Å². The molecule has 6 heteroatoms. The molecule has 2 fully saturated rings. The lowest BCUT2D eigenvalue weighted by Gasteiger charge is -2.20. The minimum atomic E-state index is 0.203. The average molecular weight is 359 g/mol. The largest absolute Gasteiger partial charge is 0.342 e. The topological polar surface area (TPSA) is 32.3 Å². The number of thioether (sulfide) groups is 1. The molecule has 2 heterocycles. The van der Waals surface area contributed by atoms with Crippen LogP contribution in [0.25, 0.3) is 0 Å². The van der Waals surface area contributed by atoms with Crippen molar-refractivity contribution in [3.63, 3.8) is 0 Å². The molecular weight excluding hydrogens is 339 g/mol. The zero-order valence-electron chi connectivity index (χ0n) is 12.4. The van der Waals surface area contributed by atoms with Crippen molar-refractivity contribution in [1.82, 2.24) is 10.2 Å². The van der Waals surface area contributed by atoms with E-state index in [9.17, 15) is 4.79 Å². The first-order chi connectivity index (χ1) is 10.6. The molecule has 3 nitrogen and oxygen atoms in total. The van der Waals surface area contributed by atoms with Crippen molar-refractivity contribution < 1.29 is 4.79 Å². The maximum absolute atomic E-state index is 12.5. The van der Waals surface area contributed by atoms with Gasteiger partial charge in [0.15, 0.2) is 0 Å². The van der Waals surface area contributed by atoms with E-state index < -0.39 is 0 Å². The van der Waals surface area contributed by atoms with Crippen LogP contribution in [0.4, 0.5) is 0 Å². The Kier molecular flexibility index (Phi) is 5.55. The SMILES string of the molecule is O=C(CSc1cc(Cl)ccc1Cl)N1CC[C@@H]2CNC[C@@H]2CC1. The number of amides is 1. The molecule has 0 spiro atoms. The van der Waals surface area contributed by atoms with Crippen LogP contribution in [0, 0.1) is 11.8 Å². The lowest BCUT2D eigenvalue weighted by molar-refractivity contribution is -0.128. The second kappa shape index (κ2) is 7.43. The van der Waals surface area contributed by atoms with Crippen LogP contribution in [0.15, 0.2) is 23.1 Å². The van der Waals surface area contributed by atoms with E-state index >= 15 is 0 Å². The number of likely N-dealkylation sites (tertiary alicyclic amines) is 1. The summed E-state index contributed by atoms with van der Waals surface area (Å²) in [5.74, 6) is 2.11. The minimum absolute atomic E-state index is 0.203.